The Morgan fingerprint density at radius 1 is 1.00 bits per heavy atom. The number of para-hydroxylation sites is 1. The Kier molecular flexibility index (Phi) is 5.05. The summed E-state index contributed by atoms with van der Waals surface area (Å²) in [5.74, 6) is 1.62. The average molecular weight is 410 g/mol. The molecule has 0 aliphatic heterocycles. The highest BCUT2D eigenvalue weighted by molar-refractivity contribution is 7.15. The molecule has 1 N–H and O–H groups in total. The number of rotatable bonds is 6. The molecule has 0 radical (unpaired) electrons. The first kappa shape index (κ1) is 18.8. The van der Waals surface area contributed by atoms with Gasteiger partial charge in [0.1, 0.15) is 5.75 Å². The van der Waals surface area contributed by atoms with E-state index in [9.17, 15) is 4.79 Å². The van der Waals surface area contributed by atoms with Gasteiger partial charge in [0.2, 0.25) is 4.96 Å². The summed E-state index contributed by atoms with van der Waals surface area (Å²) in [6.07, 6.45) is 0. The van der Waals surface area contributed by atoms with Gasteiger partial charge in [-0.3, -0.25) is 10.1 Å². The number of nitrogens with one attached hydrogen (secondary N) is 1. The molecule has 9 heteroatoms. The second kappa shape index (κ2) is 7.80. The van der Waals surface area contributed by atoms with E-state index >= 15 is 0 Å². The number of fused-ring (bicyclic) bond motifs is 1. The Hall–Kier alpha value is -3.59. The number of nitrogens with zero attached hydrogens (tertiary/aromatic N) is 3. The van der Waals surface area contributed by atoms with Gasteiger partial charge < -0.3 is 14.2 Å². The number of hydrogen-bond acceptors (Lipinski definition) is 7. The van der Waals surface area contributed by atoms with Crippen molar-refractivity contribution in [2.45, 2.75) is 0 Å². The molecule has 0 unspecified atom stereocenters. The lowest BCUT2D eigenvalue weighted by Gasteiger charge is -2.09. The lowest BCUT2D eigenvalue weighted by Crippen LogP contribution is -2.13. The van der Waals surface area contributed by atoms with E-state index in [1.807, 2.05) is 29.6 Å². The van der Waals surface area contributed by atoms with Gasteiger partial charge in [0.05, 0.1) is 27.0 Å². The molecule has 0 fully saturated rings. The molecule has 4 aromatic rings. The van der Waals surface area contributed by atoms with Gasteiger partial charge in [0, 0.05) is 16.5 Å². The van der Waals surface area contributed by atoms with E-state index < -0.39 is 0 Å². The van der Waals surface area contributed by atoms with Crippen LogP contribution in [0.25, 0.3) is 16.2 Å². The summed E-state index contributed by atoms with van der Waals surface area (Å²) in [6, 6.07) is 12.6. The molecular weight excluding hydrogens is 392 g/mol. The van der Waals surface area contributed by atoms with Crippen molar-refractivity contribution in [3.8, 4) is 28.5 Å². The van der Waals surface area contributed by atoms with Crippen LogP contribution in [0.2, 0.25) is 0 Å². The number of aromatic nitrogens is 3. The third-order valence-corrected chi connectivity index (χ3v) is 5.15. The normalized spacial score (nSPS) is 10.7. The molecule has 0 aliphatic rings. The van der Waals surface area contributed by atoms with Gasteiger partial charge in [-0.1, -0.05) is 12.1 Å². The lowest BCUT2D eigenvalue weighted by molar-refractivity contribution is 0.102. The van der Waals surface area contributed by atoms with Crippen molar-refractivity contribution in [3.05, 3.63) is 53.4 Å². The third-order valence-electron chi connectivity index (χ3n) is 4.34. The van der Waals surface area contributed by atoms with E-state index in [2.05, 4.69) is 15.4 Å². The van der Waals surface area contributed by atoms with Crippen molar-refractivity contribution >= 4 is 28.2 Å². The molecule has 0 spiro atoms. The molecule has 0 atom stereocenters. The van der Waals surface area contributed by atoms with Gasteiger partial charge in [0.25, 0.3) is 11.9 Å². The maximum atomic E-state index is 12.6. The van der Waals surface area contributed by atoms with Crippen LogP contribution >= 0.6 is 11.3 Å². The molecule has 1 amide bonds. The minimum absolute atomic E-state index is 0.216. The molecule has 29 heavy (non-hydrogen) atoms. The number of amides is 1. The van der Waals surface area contributed by atoms with E-state index in [1.54, 1.807) is 36.9 Å². The minimum atomic E-state index is -0.344. The molecule has 148 valence electrons. The predicted octanol–water partition coefficient (Wildman–Crippen LogP) is 3.74. The second-order valence-corrected chi connectivity index (χ2v) is 6.81. The largest absolute Gasteiger partial charge is 0.496 e. The Balaban J connectivity index is 1.63. The summed E-state index contributed by atoms with van der Waals surface area (Å²) >= 11 is 1.43. The number of thiazole rings is 1. The first-order valence-corrected chi connectivity index (χ1v) is 9.53. The van der Waals surface area contributed by atoms with Gasteiger partial charge in [-0.05, 0) is 30.3 Å². The molecule has 0 saturated carbocycles. The highest BCUT2D eigenvalue weighted by Crippen LogP contribution is 2.33. The minimum Gasteiger partial charge on any atom is -0.496 e. The number of hydrogen-bond donors (Lipinski definition) is 1. The molecule has 0 aliphatic carbocycles. The summed E-state index contributed by atoms with van der Waals surface area (Å²) in [7, 11) is 4.68. The van der Waals surface area contributed by atoms with Crippen LogP contribution in [0, 0.1) is 0 Å². The van der Waals surface area contributed by atoms with E-state index in [0.29, 0.717) is 22.0 Å². The molecule has 4 rings (SSSR count). The molecule has 2 heterocycles. The van der Waals surface area contributed by atoms with Gasteiger partial charge in [0.15, 0.2) is 11.5 Å². The molecule has 0 saturated heterocycles. The number of carbonyl (C=O) groups excluding carboxylic acids is 1. The molecule has 0 bridgehead atoms. The molecule has 2 aromatic carbocycles. The predicted molar refractivity (Wildman–Crippen MR) is 110 cm³/mol. The van der Waals surface area contributed by atoms with Crippen molar-refractivity contribution in [1.82, 2.24) is 14.6 Å². The Morgan fingerprint density at radius 2 is 1.76 bits per heavy atom. The smallest absolute Gasteiger partial charge is 0.258 e. The first-order chi connectivity index (χ1) is 14.1. The van der Waals surface area contributed by atoms with Crippen LogP contribution in [0.5, 0.6) is 17.2 Å². The van der Waals surface area contributed by atoms with Gasteiger partial charge >= 0.3 is 0 Å². The van der Waals surface area contributed by atoms with Crippen LogP contribution in [-0.4, -0.2) is 41.8 Å². The van der Waals surface area contributed by atoms with E-state index in [-0.39, 0.29) is 11.9 Å². The zero-order valence-electron chi connectivity index (χ0n) is 16.0. The van der Waals surface area contributed by atoms with Gasteiger partial charge in [-0.15, -0.1) is 16.4 Å². The summed E-state index contributed by atoms with van der Waals surface area (Å²) in [6.45, 7) is 0. The van der Waals surface area contributed by atoms with Crippen molar-refractivity contribution in [3.63, 3.8) is 0 Å². The topological polar surface area (TPSA) is 87.0 Å². The summed E-state index contributed by atoms with van der Waals surface area (Å²) < 4.78 is 17.6. The van der Waals surface area contributed by atoms with Crippen LogP contribution < -0.4 is 19.5 Å². The lowest BCUT2D eigenvalue weighted by atomic mass is 10.1. The zero-order valence-corrected chi connectivity index (χ0v) is 16.8. The highest BCUT2D eigenvalue weighted by atomic mass is 32.1. The van der Waals surface area contributed by atoms with Gasteiger partial charge in [-0.25, -0.2) is 4.52 Å². The van der Waals surface area contributed by atoms with E-state index in [1.165, 1.54) is 18.4 Å². The zero-order chi connectivity index (χ0) is 20.4. The Bertz CT molecular complexity index is 1180. The quantitative estimate of drug-likeness (QED) is 0.521. The fourth-order valence-corrected chi connectivity index (χ4v) is 3.75. The number of ether oxygens (including phenoxy) is 3. The van der Waals surface area contributed by atoms with Crippen LogP contribution in [0.15, 0.2) is 47.8 Å². The highest BCUT2D eigenvalue weighted by Gasteiger charge is 2.17. The van der Waals surface area contributed by atoms with Crippen LogP contribution in [-0.2, 0) is 0 Å². The number of methoxy groups -OCH3 is 3. The van der Waals surface area contributed by atoms with Crippen LogP contribution in [0.3, 0.4) is 0 Å². The summed E-state index contributed by atoms with van der Waals surface area (Å²) in [5.41, 5.74) is 2.14. The SMILES string of the molecule is COc1ccc(C(=O)Nc2nc3scc(-c4ccccc4OC)n3n2)cc1OC. The van der Waals surface area contributed by atoms with Crippen molar-refractivity contribution in [1.29, 1.82) is 0 Å². The molecule has 2 aromatic heterocycles. The van der Waals surface area contributed by atoms with Crippen LogP contribution in [0.1, 0.15) is 10.4 Å². The maximum absolute atomic E-state index is 12.6. The number of anilines is 1. The van der Waals surface area contributed by atoms with E-state index in [0.717, 1.165) is 17.0 Å². The Morgan fingerprint density at radius 3 is 2.52 bits per heavy atom. The standard InChI is InChI=1S/C20H18N4O4S/c1-26-15-7-5-4-6-13(15)14-11-29-20-22-19(23-24(14)20)21-18(25)12-8-9-16(27-2)17(10-12)28-3/h4-11H,1-3H3,(H,21,23,25). The second-order valence-electron chi connectivity index (χ2n) is 5.97. The number of benzene rings is 2. The van der Waals surface area contributed by atoms with Crippen molar-refractivity contribution in [2.24, 2.45) is 0 Å². The fourth-order valence-electron chi connectivity index (χ4n) is 2.93. The van der Waals surface area contributed by atoms with Crippen molar-refractivity contribution < 1.29 is 19.0 Å². The van der Waals surface area contributed by atoms with Gasteiger partial charge in [-0.2, -0.15) is 4.98 Å². The summed E-state index contributed by atoms with van der Waals surface area (Å²) in [5, 5.41) is 9.12. The average Bonchev–Trinajstić information content (AvgIpc) is 3.33. The maximum Gasteiger partial charge on any atom is 0.258 e. The molecular formula is C20H18N4O4S. The molecule has 8 nitrogen and oxygen atoms in total. The van der Waals surface area contributed by atoms with Crippen molar-refractivity contribution in [2.75, 3.05) is 26.6 Å². The first-order valence-electron chi connectivity index (χ1n) is 8.65. The third kappa shape index (κ3) is 3.47. The van der Waals surface area contributed by atoms with E-state index in [4.69, 9.17) is 14.2 Å². The number of carbonyl (C=O) groups is 1. The monoisotopic (exact) mass is 410 g/mol. The summed E-state index contributed by atoms with van der Waals surface area (Å²) in [4.78, 5) is 17.7. The Labute approximate surface area is 170 Å². The fraction of sp³-hybridized carbons (Fsp3) is 0.150. The van der Waals surface area contributed by atoms with Crippen LogP contribution in [0.4, 0.5) is 5.95 Å².